The average Bonchev–Trinajstić information content (AvgIpc) is 3.37. The minimum atomic E-state index is -2.77. The van der Waals surface area contributed by atoms with E-state index in [1.807, 2.05) is 72.5 Å². The summed E-state index contributed by atoms with van der Waals surface area (Å²) in [6.45, 7) is 7.00. The van der Waals surface area contributed by atoms with Gasteiger partial charge in [-0.05, 0) is 42.8 Å². The minimum absolute atomic E-state index is 0.262. The molecule has 0 N–H and O–H groups in total. The van der Waals surface area contributed by atoms with E-state index in [9.17, 15) is 0 Å². The van der Waals surface area contributed by atoms with Crippen molar-refractivity contribution >= 4 is 41.1 Å². The summed E-state index contributed by atoms with van der Waals surface area (Å²) in [5.41, 5.74) is 6.13. The fourth-order valence-electron chi connectivity index (χ4n) is 5.65. The summed E-state index contributed by atoms with van der Waals surface area (Å²) in [6.07, 6.45) is 1.67. The van der Waals surface area contributed by atoms with E-state index in [4.69, 9.17) is 26.4 Å². The Hall–Kier alpha value is -3.38. The van der Waals surface area contributed by atoms with Crippen molar-refractivity contribution in [2.75, 3.05) is 18.6 Å². The molecule has 8 heteroatoms. The lowest BCUT2D eigenvalue weighted by Gasteiger charge is -2.34. The normalized spacial score (nSPS) is 21.4. The summed E-state index contributed by atoms with van der Waals surface area (Å²) in [4.78, 5) is 11.7. The second-order valence-electron chi connectivity index (χ2n) is 10.2. The number of hydrogen-bond donors (Lipinski definition) is 0. The van der Waals surface area contributed by atoms with Crippen LogP contribution in [0.25, 0.3) is 5.69 Å². The molecule has 1 atom stereocenters. The second kappa shape index (κ2) is 9.42. The molecular weight excluding hydrogens is 509 g/mol. The summed E-state index contributed by atoms with van der Waals surface area (Å²) >= 11 is 6.64. The van der Waals surface area contributed by atoms with E-state index in [0.717, 1.165) is 39.2 Å². The summed E-state index contributed by atoms with van der Waals surface area (Å²) in [7, 11) is 2.12. The van der Waals surface area contributed by atoms with Crippen molar-refractivity contribution in [2.24, 2.45) is 4.99 Å². The van der Waals surface area contributed by atoms with Crippen LogP contribution in [0.2, 0.25) is 0 Å². The van der Waals surface area contributed by atoms with E-state index in [2.05, 4.69) is 55.0 Å². The molecule has 4 heterocycles. The number of fused-ring (bicyclic) bond motifs is 2. The zero-order valence-electron chi connectivity index (χ0n) is 22.0. The fourth-order valence-corrected chi connectivity index (χ4v) is 9.58. The molecule has 2 aliphatic heterocycles. The number of hydrogen-bond acceptors (Lipinski definition) is 6. The van der Waals surface area contributed by atoms with Gasteiger partial charge in [-0.25, -0.2) is 9.67 Å². The van der Waals surface area contributed by atoms with Gasteiger partial charge >= 0.3 is 0 Å². The molecule has 0 saturated carbocycles. The first-order valence-corrected chi connectivity index (χ1v) is 15.5. The fraction of sp³-hybridized carbons (Fsp3) is 0.233. The molecule has 0 spiro atoms. The molecule has 0 amide bonds. The highest BCUT2D eigenvalue weighted by molar-refractivity contribution is 8.18. The number of aliphatic imine (C=N–C) groups is 1. The van der Waals surface area contributed by atoms with Crippen LogP contribution >= 0.6 is 6.26 Å². The first-order chi connectivity index (χ1) is 18.3. The van der Waals surface area contributed by atoms with Crippen molar-refractivity contribution in [3.05, 3.63) is 107 Å². The number of rotatable bonds is 5. The van der Waals surface area contributed by atoms with Crippen molar-refractivity contribution in [3.63, 3.8) is 0 Å². The standard InChI is InChI=1S/C30H30N5OPS/c1-21-27-29(35(33-21)23-13-6-5-7-14-23)32-20-26(37(27,38)36-19-17-22-12-10-11-18-31-22)28-30(2,3)24-15-8-9-16-25(24)34(28)4/h5-16,18,20H,17,19H2,1-4H3. The monoisotopic (exact) mass is 539 g/mol. The molecule has 6 nitrogen and oxygen atoms in total. The molecule has 4 aromatic rings. The van der Waals surface area contributed by atoms with Gasteiger partial charge in [-0.2, -0.15) is 5.10 Å². The van der Waals surface area contributed by atoms with E-state index in [-0.39, 0.29) is 5.41 Å². The SMILES string of the molecule is Cc1nn(-c2ccccc2)c2c1P(=S)(OCCc1ccccn1)C(=C1N(C)c3ccccc3C1(C)C)C=N2. The van der Waals surface area contributed by atoms with Gasteiger partial charge in [0, 0.05) is 48.4 Å². The van der Waals surface area contributed by atoms with Gasteiger partial charge in [0.1, 0.15) is 6.26 Å². The lowest BCUT2D eigenvalue weighted by Crippen LogP contribution is -2.28. The minimum Gasteiger partial charge on any atom is -0.346 e. The zero-order chi connectivity index (χ0) is 26.5. The maximum Gasteiger partial charge on any atom is 0.166 e. The number of para-hydroxylation sites is 2. The summed E-state index contributed by atoms with van der Waals surface area (Å²) in [6, 6.07) is 24.6. The molecule has 6 rings (SSSR count). The highest BCUT2D eigenvalue weighted by atomic mass is 32.4. The van der Waals surface area contributed by atoms with Crippen molar-refractivity contribution in [2.45, 2.75) is 32.6 Å². The molecule has 0 bridgehead atoms. The molecule has 2 aliphatic rings. The largest absolute Gasteiger partial charge is 0.346 e. The predicted octanol–water partition coefficient (Wildman–Crippen LogP) is 6.21. The Morgan fingerprint density at radius 2 is 1.71 bits per heavy atom. The Bertz CT molecular complexity index is 1630. The van der Waals surface area contributed by atoms with Gasteiger partial charge in [-0.15, -0.1) is 0 Å². The highest BCUT2D eigenvalue weighted by Crippen LogP contribution is 2.63. The Morgan fingerprint density at radius 3 is 2.45 bits per heavy atom. The van der Waals surface area contributed by atoms with E-state index in [0.29, 0.717) is 13.0 Å². The van der Waals surface area contributed by atoms with Crippen molar-refractivity contribution in [1.82, 2.24) is 14.8 Å². The molecule has 38 heavy (non-hydrogen) atoms. The number of benzene rings is 2. The molecular formula is C30H30N5OPS. The lowest BCUT2D eigenvalue weighted by molar-refractivity contribution is 0.361. The first-order valence-electron chi connectivity index (χ1n) is 12.7. The van der Waals surface area contributed by atoms with Gasteiger partial charge < -0.3 is 9.42 Å². The Labute approximate surface area is 228 Å². The lowest BCUT2D eigenvalue weighted by atomic mass is 9.84. The smallest absolute Gasteiger partial charge is 0.166 e. The summed E-state index contributed by atoms with van der Waals surface area (Å²) in [5.74, 6) is 0.759. The van der Waals surface area contributed by atoms with Gasteiger partial charge in [0.15, 0.2) is 5.82 Å². The van der Waals surface area contributed by atoms with Gasteiger partial charge in [0.2, 0.25) is 0 Å². The topological polar surface area (TPSA) is 55.5 Å². The molecule has 0 radical (unpaired) electrons. The maximum atomic E-state index is 6.85. The quantitative estimate of drug-likeness (QED) is 0.282. The molecule has 0 fully saturated rings. The number of aryl methyl sites for hydroxylation is 1. The third kappa shape index (κ3) is 3.89. The number of pyridine rings is 1. The van der Waals surface area contributed by atoms with Gasteiger partial charge in [0.05, 0.1) is 28.6 Å². The van der Waals surface area contributed by atoms with Crippen molar-refractivity contribution < 1.29 is 4.52 Å². The van der Waals surface area contributed by atoms with E-state index < -0.39 is 6.26 Å². The van der Waals surface area contributed by atoms with Gasteiger partial charge in [0.25, 0.3) is 0 Å². The molecule has 1 unspecified atom stereocenters. The number of aromatic nitrogens is 3. The molecule has 2 aromatic carbocycles. The number of nitrogens with zero attached hydrogens (tertiary/aromatic N) is 5. The Kier molecular flexibility index (Phi) is 6.18. The third-order valence-electron chi connectivity index (χ3n) is 7.39. The number of allylic oxidation sites excluding steroid dienone is 2. The van der Waals surface area contributed by atoms with Crippen LogP contribution in [0, 0.1) is 6.92 Å². The van der Waals surface area contributed by atoms with Crippen LogP contribution in [0.3, 0.4) is 0 Å². The van der Waals surface area contributed by atoms with Crippen LogP contribution in [0.4, 0.5) is 11.5 Å². The zero-order valence-corrected chi connectivity index (χ0v) is 23.7. The summed E-state index contributed by atoms with van der Waals surface area (Å²) in [5, 5.41) is 6.84. The van der Waals surface area contributed by atoms with Crippen LogP contribution in [-0.4, -0.2) is 34.6 Å². The summed E-state index contributed by atoms with van der Waals surface area (Å²) < 4.78 is 8.75. The molecule has 0 saturated heterocycles. The van der Waals surface area contributed by atoms with Crippen molar-refractivity contribution in [3.8, 4) is 5.69 Å². The van der Waals surface area contributed by atoms with Crippen LogP contribution in [0.1, 0.15) is 30.8 Å². The maximum absolute atomic E-state index is 6.85. The Morgan fingerprint density at radius 1 is 0.974 bits per heavy atom. The van der Waals surface area contributed by atoms with Gasteiger partial charge in [-0.3, -0.25) is 4.98 Å². The molecule has 2 aromatic heterocycles. The van der Waals surface area contributed by atoms with Crippen molar-refractivity contribution in [1.29, 1.82) is 0 Å². The highest BCUT2D eigenvalue weighted by Gasteiger charge is 2.46. The van der Waals surface area contributed by atoms with Gasteiger partial charge in [-0.1, -0.05) is 68.1 Å². The number of anilines is 1. The Balaban J connectivity index is 1.53. The van der Waals surface area contributed by atoms with E-state index in [1.54, 1.807) is 0 Å². The van der Waals surface area contributed by atoms with E-state index in [1.165, 1.54) is 11.3 Å². The third-order valence-corrected chi connectivity index (χ3v) is 11.5. The first kappa shape index (κ1) is 24.9. The molecule has 0 aliphatic carbocycles. The second-order valence-corrected chi connectivity index (χ2v) is 14.0. The van der Waals surface area contributed by atoms with Crippen LogP contribution < -0.4 is 10.2 Å². The van der Waals surface area contributed by atoms with Crippen LogP contribution in [0.15, 0.2) is 95.0 Å². The van der Waals surface area contributed by atoms with Crippen LogP contribution in [0.5, 0.6) is 0 Å². The number of likely N-dealkylation sites (N-methyl/N-ethyl adjacent to an activating group) is 1. The molecule has 192 valence electrons. The average molecular weight is 540 g/mol. The van der Waals surface area contributed by atoms with Crippen LogP contribution in [-0.2, 0) is 28.2 Å². The predicted molar refractivity (Wildman–Crippen MR) is 159 cm³/mol. The van der Waals surface area contributed by atoms with E-state index >= 15 is 0 Å².